The van der Waals surface area contributed by atoms with Gasteiger partial charge in [0.05, 0.1) is 15.6 Å². The molecule has 0 aromatic heterocycles. The Balaban J connectivity index is 2.21. The summed E-state index contributed by atoms with van der Waals surface area (Å²) in [5.74, 6) is -1.05. The van der Waals surface area contributed by atoms with Gasteiger partial charge >= 0.3 is 0 Å². The Labute approximate surface area is 141 Å². The summed E-state index contributed by atoms with van der Waals surface area (Å²) in [6.45, 7) is 4.35. The zero-order valence-corrected chi connectivity index (χ0v) is 14.5. The predicted octanol–water partition coefficient (Wildman–Crippen LogP) is 2.75. The van der Waals surface area contributed by atoms with Crippen LogP contribution in [0.5, 0.6) is 0 Å². The molecule has 0 radical (unpaired) electrons. The summed E-state index contributed by atoms with van der Waals surface area (Å²) in [5.41, 5.74) is 0. The van der Waals surface area contributed by atoms with Gasteiger partial charge in [0.15, 0.2) is 0 Å². The maximum absolute atomic E-state index is 12.7. The first kappa shape index (κ1) is 17.7. The number of rotatable bonds is 3. The van der Waals surface area contributed by atoms with Gasteiger partial charge in [-0.15, -0.1) is 0 Å². The van der Waals surface area contributed by atoms with E-state index < -0.39 is 21.6 Å². The number of benzene rings is 1. The van der Waals surface area contributed by atoms with Gasteiger partial charge in [-0.1, -0.05) is 24.2 Å². The highest BCUT2D eigenvalue weighted by Gasteiger charge is 2.28. The third kappa shape index (κ3) is 4.42. The standard InChI is InChI=1S/C16H19ClN2O3S/c1-3-15(20)19-9-5-6-12(11-19)16(21)18-23(2,22)14-8-4-7-13(17)10-14/h3-4,7-8,10,12H,1,5-6,9,11H2,2H3. The van der Waals surface area contributed by atoms with Crippen LogP contribution in [0.4, 0.5) is 0 Å². The van der Waals surface area contributed by atoms with Crippen molar-refractivity contribution in [3.8, 4) is 0 Å². The van der Waals surface area contributed by atoms with E-state index in [0.29, 0.717) is 29.3 Å². The fourth-order valence-electron chi connectivity index (χ4n) is 2.51. The Kier molecular flexibility index (Phi) is 5.59. The third-order valence-corrected chi connectivity index (χ3v) is 5.65. The van der Waals surface area contributed by atoms with Crippen LogP contribution in [0.2, 0.25) is 5.02 Å². The number of halogens is 1. The van der Waals surface area contributed by atoms with E-state index in [1.807, 2.05) is 0 Å². The van der Waals surface area contributed by atoms with Crippen LogP contribution in [0.1, 0.15) is 12.8 Å². The second kappa shape index (κ2) is 7.27. The summed E-state index contributed by atoms with van der Waals surface area (Å²) < 4.78 is 16.7. The molecule has 1 aromatic carbocycles. The second-order valence-electron chi connectivity index (χ2n) is 5.52. The molecule has 0 spiro atoms. The zero-order chi connectivity index (χ0) is 17.0. The van der Waals surface area contributed by atoms with E-state index in [2.05, 4.69) is 10.9 Å². The van der Waals surface area contributed by atoms with Gasteiger partial charge in [0.2, 0.25) is 5.91 Å². The average molecular weight is 355 g/mol. The van der Waals surface area contributed by atoms with Crippen molar-refractivity contribution < 1.29 is 13.8 Å². The van der Waals surface area contributed by atoms with E-state index in [1.54, 1.807) is 29.2 Å². The summed E-state index contributed by atoms with van der Waals surface area (Å²) in [4.78, 5) is 26.1. The van der Waals surface area contributed by atoms with E-state index in [1.165, 1.54) is 12.3 Å². The van der Waals surface area contributed by atoms with Crippen molar-refractivity contribution in [3.05, 3.63) is 41.9 Å². The number of carbonyl (C=O) groups is 2. The van der Waals surface area contributed by atoms with Crippen molar-refractivity contribution in [1.82, 2.24) is 4.90 Å². The highest BCUT2D eigenvalue weighted by atomic mass is 35.5. The first-order valence-electron chi connectivity index (χ1n) is 7.26. The number of hydrogen-bond donors (Lipinski definition) is 0. The van der Waals surface area contributed by atoms with Crippen LogP contribution in [0.25, 0.3) is 0 Å². The van der Waals surface area contributed by atoms with E-state index >= 15 is 0 Å². The van der Waals surface area contributed by atoms with E-state index in [4.69, 9.17) is 11.6 Å². The highest BCUT2D eigenvalue weighted by molar-refractivity contribution is 7.93. The smallest absolute Gasteiger partial charge is 0.258 e. The third-order valence-electron chi connectivity index (χ3n) is 3.75. The van der Waals surface area contributed by atoms with Crippen molar-refractivity contribution in [2.24, 2.45) is 10.3 Å². The molecule has 1 saturated heterocycles. The van der Waals surface area contributed by atoms with Gasteiger partial charge in [0.1, 0.15) is 0 Å². The minimum absolute atomic E-state index is 0.199. The average Bonchev–Trinajstić information content (AvgIpc) is 2.54. The normalized spacial score (nSPS) is 20.4. The number of hydrogen-bond acceptors (Lipinski definition) is 3. The van der Waals surface area contributed by atoms with Crippen LogP contribution >= 0.6 is 11.6 Å². The van der Waals surface area contributed by atoms with E-state index in [-0.39, 0.29) is 12.5 Å². The minimum Gasteiger partial charge on any atom is -0.338 e. The van der Waals surface area contributed by atoms with Crippen molar-refractivity contribution in [3.63, 3.8) is 0 Å². The van der Waals surface area contributed by atoms with Crippen LogP contribution < -0.4 is 0 Å². The lowest BCUT2D eigenvalue weighted by atomic mass is 9.97. The van der Waals surface area contributed by atoms with Crippen LogP contribution in [0.3, 0.4) is 0 Å². The molecule has 0 bridgehead atoms. The molecule has 5 nitrogen and oxygen atoms in total. The number of likely N-dealkylation sites (tertiary alicyclic amines) is 1. The highest BCUT2D eigenvalue weighted by Crippen LogP contribution is 2.21. The molecule has 2 amide bonds. The van der Waals surface area contributed by atoms with Crippen LogP contribution in [-0.2, 0) is 19.3 Å². The van der Waals surface area contributed by atoms with Crippen molar-refractivity contribution >= 4 is 33.1 Å². The van der Waals surface area contributed by atoms with Gasteiger partial charge < -0.3 is 4.90 Å². The van der Waals surface area contributed by atoms with Gasteiger partial charge in [-0.05, 0) is 37.1 Å². The molecule has 1 aromatic rings. The minimum atomic E-state index is -2.86. The quantitative estimate of drug-likeness (QED) is 0.784. The maximum atomic E-state index is 12.7. The predicted molar refractivity (Wildman–Crippen MR) is 90.7 cm³/mol. The lowest BCUT2D eigenvalue weighted by molar-refractivity contribution is -0.130. The Bertz CT molecular complexity index is 753. The molecule has 2 atom stereocenters. The lowest BCUT2D eigenvalue weighted by Gasteiger charge is -2.30. The van der Waals surface area contributed by atoms with Crippen LogP contribution in [0, 0.1) is 5.92 Å². The second-order valence-corrected chi connectivity index (χ2v) is 8.21. The Morgan fingerprint density at radius 1 is 1.48 bits per heavy atom. The molecule has 23 heavy (non-hydrogen) atoms. The molecule has 1 aliphatic heterocycles. The Morgan fingerprint density at radius 3 is 2.87 bits per heavy atom. The monoisotopic (exact) mass is 354 g/mol. The number of carbonyl (C=O) groups excluding carboxylic acids is 2. The van der Waals surface area contributed by atoms with Gasteiger partial charge in [0.25, 0.3) is 5.91 Å². The van der Waals surface area contributed by atoms with Crippen molar-refractivity contribution in [2.45, 2.75) is 17.7 Å². The number of amides is 2. The largest absolute Gasteiger partial charge is 0.338 e. The van der Waals surface area contributed by atoms with Crippen molar-refractivity contribution in [1.29, 1.82) is 0 Å². The molecule has 2 rings (SSSR count). The molecule has 0 saturated carbocycles. The SMILES string of the molecule is C=CC(=O)N1CCCC(C(=O)N=S(C)(=O)c2cccc(Cl)c2)C1. The molecule has 1 aliphatic rings. The van der Waals surface area contributed by atoms with Gasteiger partial charge in [-0.2, -0.15) is 4.36 Å². The van der Waals surface area contributed by atoms with Gasteiger partial charge in [-0.25, -0.2) is 4.21 Å². The zero-order valence-electron chi connectivity index (χ0n) is 12.9. The first-order chi connectivity index (χ1) is 10.8. The van der Waals surface area contributed by atoms with Gasteiger partial charge in [0, 0.05) is 29.3 Å². The summed E-state index contributed by atoms with van der Waals surface area (Å²) in [6, 6.07) is 6.53. The molecule has 7 heteroatoms. The summed E-state index contributed by atoms with van der Waals surface area (Å²) in [7, 11) is -2.86. The fourth-order valence-corrected chi connectivity index (χ4v) is 4.04. The molecule has 1 fully saturated rings. The van der Waals surface area contributed by atoms with Crippen LogP contribution in [-0.4, -0.2) is 40.3 Å². The Hall–Kier alpha value is -1.66. The molecule has 124 valence electrons. The van der Waals surface area contributed by atoms with Crippen molar-refractivity contribution in [2.75, 3.05) is 19.3 Å². The number of nitrogens with zero attached hydrogens (tertiary/aromatic N) is 2. The fraction of sp³-hybridized carbons (Fsp3) is 0.375. The molecular formula is C16H19ClN2O3S. The molecule has 0 aliphatic carbocycles. The summed E-state index contributed by atoms with van der Waals surface area (Å²) >= 11 is 5.90. The van der Waals surface area contributed by atoms with E-state index in [0.717, 1.165) is 0 Å². The van der Waals surface area contributed by atoms with Crippen LogP contribution in [0.15, 0.2) is 46.2 Å². The summed E-state index contributed by atoms with van der Waals surface area (Å²) in [5, 5.41) is 0.445. The molecule has 1 heterocycles. The first-order valence-corrected chi connectivity index (χ1v) is 9.56. The topological polar surface area (TPSA) is 66.8 Å². The molecule has 2 unspecified atom stereocenters. The lowest BCUT2D eigenvalue weighted by Crippen LogP contribution is -2.41. The number of piperidine rings is 1. The van der Waals surface area contributed by atoms with E-state index in [9.17, 15) is 13.8 Å². The molecule has 0 N–H and O–H groups in total. The van der Waals surface area contributed by atoms with Gasteiger partial charge in [-0.3, -0.25) is 9.59 Å². The maximum Gasteiger partial charge on any atom is 0.258 e. The summed E-state index contributed by atoms with van der Waals surface area (Å²) in [6.07, 6.45) is 4.01. The Morgan fingerprint density at radius 2 is 2.22 bits per heavy atom. The molecular weight excluding hydrogens is 336 g/mol.